The lowest BCUT2D eigenvalue weighted by Crippen LogP contribution is -2.22. The lowest BCUT2D eigenvalue weighted by molar-refractivity contribution is 0.0779. The van der Waals surface area contributed by atoms with Crippen LogP contribution in [0.4, 0.5) is 0 Å². The first kappa shape index (κ1) is 14.0. The van der Waals surface area contributed by atoms with Crippen LogP contribution in [0.1, 0.15) is 37.5 Å². The summed E-state index contributed by atoms with van der Waals surface area (Å²) in [7, 11) is 0. The summed E-state index contributed by atoms with van der Waals surface area (Å²) in [5.74, 6) is 1.72. The van der Waals surface area contributed by atoms with Gasteiger partial charge in [-0.3, -0.25) is 0 Å². The van der Waals surface area contributed by atoms with Crippen molar-refractivity contribution in [1.29, 1.82) is 0 Å². The molecular weight excluding hydrogens is 242 g/mol. The van der Waals surface area contributed by atoms with Crippen molar-refractivity contribution in [3.05, 3.63) is 22.4 Å². The van der Waals surface area contributed by atoms with Crippen LogP contribution in [0, 0.1) is 11.8 Å². The highest BCUT2D eigenvalue weighted by molar-refractivity contribution is 7.09. The van der Waals surface area contributed by atoms with Crippen molar-refractivity contribution >= 4 is 11.3 Å². The van der Waals surface area contributed by atoms with E-state index < -0.39 is 0 Å². The summed E-state index contributed by atoms with van der Waals surface area (Å²) < 4.78 is 5.78. The van der Waals surface area contributed by atoms with E-state index in [0.29, 0.717) is 0 Å². The quantitative estimate of drug-likeness (QED) is 0.761. The minimum Gasteiger partial charge on any atom is -0.380 e. The largest absolute Gasteiger partial charge is 0.380 e. The van der Waals surface area contributed by atoms with Gasteiger partial charge in [-0.05, 0) is 36.1 Å². The van der Waals surface area contributed by atoms with E-state index in [2.05, 4.69) is 29.8 Å². The minimum absolute atomic E-state index is 0.811. The monoisotopic (exact) mass is 267 g/mol. The number of thiophene rings is 1. The molecule has 0 amide bonds. The zero-order valence-electron chi connectivity index (χ0n) is 11.4. The molecule has 0 aromatic carbocycles. The number of hydrogen-bond donors (Lipinski definition) is 1. The first-order valence-corrected chi connectivity index (χ1v) is 8.03. The van der Waals surface area contributed by atoms with Crippen molar-refractivity contribution in [1.82, 2.24) is 5.32 Å². The van der Waals surface area contributed by atoms with Crippen LogP contribution in [0.2, 0.25) is 0 Å². The zero-order valence-corrected chi connectivity index (χ0v) is 12.2. The predicted molar refractivity (Wildman–Crippen MR) is 78.0 cm³/mol. The topological polar surface area (TPSA) is 21.3 Å². The molecule has 0 radical (unpaired) electrons. The third kappa shape index (κ3) is 5.09. The fourth-order valence-corrected chi connectivity index (χ4v) is 3.40. The van der Waals surface area contributed by atoms with Gasteiger partial charge in [0.2, 0.25) is 0 Å². The van der Waals surface area contributed by atoms with Gasteiger partial charge in [0, 0.05) is 24.6 Å². The average Bonchev–Trinajstić information content (AvgIpc) is 2.87. The Labute approximate surface area is 115 Å². The van der Waals surface area contributed by atoms with Crippen LogP contribution in [-0.2, 0) is 11.3 Å². The van der Waals surface area contributed by atoms with Crippen molar-refractivity contribution in [2.24, 2.45) is 11.8 Å². The average molecular weight is 267 g/mol. The Morgan fingerprint density at radius 3 is 3.17 bits per heavy atom. The number of nitrogens with one attached hydrogen (secondary N) is 1. The Balaban J connectivity index is 1.46. The molecule has 1 aromatic heterocycles. The molecule has 2 nitrogen and oxygen atoms in total. The smallest absolute Gasteiger partial charge is 0.0591 e. The Hall–Kier alpha value is -0.380. The van der Waals surface area contributed by atoms with E-state index in [1.165, 1.54) is 30.6 Å². The van der Waals surface area contributed by atoms with Crippen molar-refractivity contribution in [2.75, 3.05) is 19.8 Å². The van der Waals surface area contributed by atoms with Crippen LogP contribution >= 0.6 is 11.3 Å². The molecule has 1 heterocycles. The normalized spacial score (nSPS) is 24.3. The van der Waals surface area contributed by atoms with Gasteiger partial charge in [0.05, 0.1) is 6.61 Å². The molecule has 1 saturated carbocycles. The second kappa shape index (κ2) is 7.93. The fourth-order valence-electron chi connectivity index (χ4n) is 2.73. The molecule has 0 saturated heterocycles. The molecule has 0 aliphatic heterocycles. The van der Waals surface area contributed by atoms with E-state index in [1.807, 2.05) is 0 Å². The molecular formula is C15H25NOS. The molecule has 0 bridgehead atoms. The zero-order chi connectivity index (χ0) is 12.6. The Morgan fingerprint density at radius 1 is 1.44 bits per heavy atom. The van der Waals surface area contributed by atoms with E-state index in [9.17, 15) is 0 Å². The van der Waals surface area contributed by atoms with E-state index >= 15 is 0 Å². The maximum absolute atomic E-state index is 5.78. The van der Waals surface area contributed by atoms with Crippen molar-refractivity contribution < 1.29 is 4.74 Å². The summed E-state index contributed by atoms with van der Waals surface area (Å²) in [5, 5.41) is 5.54. The SMILES string of the molecule is CC1CCCC(COCCNCc2cccs2)C1. The van der Waals surface area contributed by atoms with Crippen LogP contribution < -0.4 is 5.32 Å². The van der Waals surface area contributed by atoms with Gasteiger partial charge >= 0.3 is 0 Å². The van der Waals surface area contributed by atoms with Gasteiger partial charge in [0.1, 0.15) is 0 Å². The van der Waals surface area contributed by atoms with Gasteiger partial charge in [0.15, 0.2) is 0 Å². The molecule has 2 unspecified atom stereocenters. The fraction of sp³-hybridized carbons (Fsp3) is 0.733. The minimum atomic E-state index is 0.811. The Bertz CT molecular complexity index is 312. The molecule has 18 heavy (non-hydrogen) atoms. The maximum atomic E-state index is 5.78. The first-order chi connectivity index (χ1) is 8.84. The molecule has 2 atom stereocenters. The van der Waals surface area contributed by atoms with E-state index in [-0.39, 0.29) is 0 Å². The third-order valence-electron chi connectivity index (χ3n) is 3.70. The van der Waals surface area contributed by atoms with Gasteiger partial charge in [-0.15, -0.1) is 11.3 Å². The van der Waals surface area contributed by atoms with Gasteiger partial charge in [-0.25, -0.2) is 0 Å². The second-order valence-corrected chi connectivity index (χ2v) is 6.50. The molecule has 3 heteroatoms. The summed E-state index contributed by atoms with van der Waals surface area (Å²) >= 11 is 1.81. The molecule has 1 aliphatic rings. The van der Waals surface area contributed by atoms with Crippen LogP contribution in [0.15, 0.2) is 17.5 Å². The molecule has 2 rings (SSSR count). The summed E-state index contributed by atoms with van der Waals surface area (Å²) in [6.45, 7) is 6.11. The van der Waals surface area contributed by atoms with Gasteiger partial charge in [-0.2, -0.15) is 0 Å². The van der Waals surface area contributed by atoms with Crippen molar-refractivity contribution in [3.63, 3.8) is 0 Å². The van der Waals surface area contributed by atoms with Crippen molar-refractivity contribution in [3.8, 4) is 0 Å². The molecule has 0 spiro atoms. The number of ether oxygens (including phenoxy) is 1. The molecule has 102 valence electrons. The predicted octanol–water partition coefficient (Wildman–Crippen LogP) is 3.68. The summed E-state index contributed by atoms with van der Waals surface area (Å²) in [5.41, 5.74) is 0. The number of rotatable bonds is 7. The molecule has 1 N–H and O–H groups in total. The highest BCUT2D eigenvalue weighted by Gasteiger charge is 2.18. The highest BCUT2D eigenvalue weighted by Crippen LogP contribution is 2.28. The van der Waals surface area contributed by atoms with Crippen LogP contribution in [0.3, 0.4) is 0 Å². The van der Waals surface area contributed by atoms with Crippen LogP contribution in [0.5, 0.6) is 0 Å². The van der Waals surface area contributed by atoms with E-state index in [4.69, 9.17) is 4.74 Å². The maximum Gasteiger partial charge on any atom is 0.0591 e. The standard InChI is InChI=1S/C15H25NOS/c1-13-4-2-5-14(10-13)12-17-8-7-16-11-15-6-3-9-18-15/h3,6,9,13-14,16H,2,4-5,7-8,10-12H2,1H3. The van der Waals surface area contributed by atoms with E-state index in [0.717, 1.165) is 38.1 Å². The van der Waals surface area contributed by atoms with Crippen molar-refractivity contribution in [2.45, 2.75) is 39.2 Å². The Kier molecular flexibility index (Phi) is 6.18. The highest BCUT2D eigenvalue weighted by atomic mass is 32.1. The second-order valence-electron chi connectivity index (χ2n) is 5.47. The lowest BCUT2D eigenvalue weighted by Gasteiger charge is -2.26. The first-order valence-electron chi connectivity index (χ1n) is 7.15. The summed E-state index contributed by atoms with van der Waals surface area (Å²) in [4.78, 5) is 1.40. The lowest BCUT2D eigenvalue weighted by atomic mass is 9.83. The molecule has 1 fully saturated rings. The van der Waals surface area contributed by atoms with Crippen LogP contribution in [-0.4, -0.2) is 19.8 Å². The third-order valence-corrected chi connectivity index (χ3v) is 4.58. The molecule has 1 aliphatic carbocycles. The van der Waals surface area contributed by atoms with Gasteiger partial charge in [0.25, 0.3) is 0 Å². The van der Waals surface area contributed by atoms with Gasteiger partial charge in [-0.1, -0.05) is 25.8 Å². The summed E-state index contributed by atoms with van der Waals surface area (Å²) in [6.07, 6.45) is 5.54. The van der Waals surface area contributed by atoms with E-state index in [1.54, 1.807) is 11.3 Å². The van der Waals surface area contributed by atoms with Crippen LogP contribution in [0.25, 0.3) is 0 Å². The van der Waals surface area contributed by atoms with Gasteiger partial charge < -0.3 is 10.1 Å². The molecule has 1 aromatic rings. The number of hydrogen-bond acceptors (Lipinski definition) is 3. The summed E-state index contributed by atoms with van der Waals surface area (Å²) in [6, 6.07) is 4.27. The Morgan fingerprint density at radius 2 is 2.39 bits per heavy atom.